The van der Waals surface area contributed by atoms with Crippen LogP contribution in [-0.4, -0.2) is 38.0 Å². The number of nitrogens with zero attached hydrogens (tertiary/aromatic N) is 2. The van der Waals surface area contributed by atoms with Crippen LogP contribution in [0.2, 0.25) is 5.02 Å². The lowest BCUT2D eigenvalue weighted by Crippen LogP contribution is -2.18. The molecule has 3 aromatic rings. The molecule has 8 heteroatoms. The Balaban J connectivity index is 1.84. The Hall–Kier alpha value is -3.45. The van der Waals surface area contributed by atoms with Crippen LogP contribution in [0.3, 0.4) is 0 Å². The first-order valence-corrected chi connectivity index (χ1v) is 9.85. The van der Waals surface area contributed by atoms with E-state index in [9.17, 15) is 4.79 Å². The molecule has 7 nitrogen and oxygen atoms in total. The molecule has 0 aliphatic carbocycles. The molecule has 0 unspecified atom stereocenters. The van der Waals surface area contributed by atoms with E-state index in [4.69, 9.17) is 25.8 Å². The number of nitrogens with one attached hydrogen (secondary N) is 1. The maximum absolute atomic E-state index is 12.5. The van der Waals surface area contributed by atoms with Crippen molar-refractivity contribution >= 4 is 23.7 Å². The Morgan fingerprint density at radius 2 is 1.74 bits per heavy atom. The molecule has 0 spiro atoms. The lowest BCUT2D eigenvalue weighted by molar-refractivity contribution is 0.0952. The van der Waals surface area contributed by atoms with Gasteiger partial charge in [-0.2, -0.15) is 5.10 Å². The van der Waals surface area contributed by atoms with Gasteiger partial charge in [-0.15, -0.1) is 0 Å². The van der Waals surface area contributed by atoms with Gasteiger partial charge in [-0.05, 0) is 50.2 Å². The van der Waals surface area contributed by atoms with Crippen LogP contribution >= 0.6 is 11.6 Å². The number of hydrogen-bond donors (Lipinski definition) is 1. The fourth-order valence-corrected chi connectivity index (χ4v) is 3.50. The second-order valence-corrected chi connectivity index (χ2v) is 7.18. The fourth-order valence-electron chi connectivity index (χ4n) is 3.33. The van der Waals surface area contributed by atoms with Crippen molar-refractivity contribution in [2.24, 2.45) is 5.10 Å². The highest BCUT2D eigenvalue weighted by Crippen LogP contribution is 2.30. The van der Waals surface area contributed by atoms with Crippen LogP contribution in [0.1, 0.15) is 27.3 Å². The van der Waals surface area contributed by atoms with Crippen molar-refractivity contribution in [2.75, 3.05) is 21.3 Å². The van der Waals surface area contributed by atoms with Gasteiger partial charge in [-0.25, -0.2) is 5.43 Å². The van der Waals surface area contributed by atoms with Gasteiger partial charge in [-0.1, -0.05) is 11.6 Å². The summed E-state index contributed by atoms with van der Waals surface area (Å²) in [6.45, 7) is 3.94. The van der Waals surface area contributed by atoms with Crippen molar-refractivity contribution in [3.05, 3.63) is 70.0 Å². The molecule has 1 N–H and O–H groups in total. The number of aromatic nitrogens is 1. The zero-order valence-electron chi connectivity index (χ0n) is 18.0. The minimum absolute atomic E-state index is 0.356. The number of hydrazone groups is 1. The lowest BCUT2D eigenvalue weighted by Gasteiger charge is -2.14. The monoisotopic (exact) mass is 441 g/mol. The molecule has 0 fully saturated rings. The van der Waals surface area contributed by atoms with E-state index in [-0.39, 0.29) is 5.91 Å². The molecule has 0 bridgehead atoms. The highest BCUT2D eigenvalue weighted by atomic mass is 35.5. The van der Waals surface area contributed by atoms with Gasteiger partial charge < -0.3 is 18.8 Å². The SMILES string of the molecule is COc1ccc(C(=O)N/N=C\c2cc(C)n(-c3cc(Cl)ccc3OC)c2C)c(OC)c1. The topological polar surface area (TPSA) is 74.1 Å². The van der Waals surface area contributed by atoms with Crippen molar-refractivity contribution in [3.63, 3.8) is 0 Å². The number of methoxy groups -OCH3 is 3. The van der Waals surface area contributed by atoms with Crippen molar-refractivity contribution in [2.45, 2.75) is 13.8 Å². The molecule has 162 valence electrons. The summed E-state index contributed by atoms with van der Waals surface area (Å²) in [4.78, 5) is 12.5. The summed E-state index contributed by atoms with van der Waals surface area (Å²) in [6, 6.07) is 12.4. The Labute approximate surface area is 186 Å². The van der Waals surface area contributed by atoms with Gasteiger partial charge in [0.25, 0.3) is 5.91 Å². The summed E-state index contributed by atoms with van der Waals surface area (Å²) in [6.07, 6.45) is 1.60. The molecule has 0 aliphatic rings. The molecule has 1 heterocycles. The molecule has 0 aliphatic heterocycles. The van der Waals surface area contributed by atoms with E-state index in [0.717, 1.165) is 22.6 Å². The predicted octanol–water partition coefficient (Wildman–Crippen LogP) is 4.54. The number of hydrogen-bond acceptors (Lipinski definition) is 5. The van der Waals surface area contributed by atoms with Crippen LogP contribution < -0.4 is 19.6 Å². The van der Waals surface area contributed by atoms with Crippen LogP contribution in [-0.2, 0) is 0 Å². The number of benzene rings is 2. The maximum atomic E-state index is 12.5. The van der Waals surface area contributed by atoms with Crippen molar-refractivity contribution < 1.29 is 19.0 Å². The minimum atomic E-state index is -0.388. The number of ether oxygens (including phenoxy) is 3. The highest BCUT2D eigenvalue weighted by Gasteiger charge is 2.15. The van der Waals surface area contributed by atoms with E-state index in [2.05, 4.69) is 10.5 Å². The van der Waals surface area contributed by atoms with Crippen LogP contribution in [0, 0.1) is 13.8 Å². The number of amides is 1. The van der Waals surface area contributed by atoms with Crippen molar-refractivity contribution in [1.29, 1.82) is 0 Å². The van der Waals surface area contributed by atoms with E-state index in [1.54, 1.807) is 44.7 Å². The molecular weight excluding hydrogens is 418 g/mol. The largest absolute Gasteiger partial charge is 0.497 e. The van der Waals surface area contributed by atoms with Crippen LogP contribution in [0.25, 0.3) is 5.69 Å². The first-order valence-electron chi connectivity index (χ1n) is 9.47. The second-order valence-electron chi connectivity index (χ2n) is 6.74. The first kappa shape index (κ1) is 22.2. The first-order chi connectivity index (χ1) is 14.9. The van der Waals surface area contributed by atoms with Crippen LogP contribution in [0.5, 0.6) is 17.2 Å². The molecule has 0 atom stereocenters. The Morgan fingerprint density at radius 3 is 2.42 bits per heavy atom. The molecule has 3 rings (SSSR count). The summed E-state index contributed by atoms with van der Waals surface area (Å²) >= 11 is 6.19. The number of rotatable bonds is 7. The predicted molar refractivity (Wildman–Crippen MR) is 121 cm³/mol. The zero-order chi connectivity index (χ0) is 22.5. The smallest absolute Gasteiger partial charge is 0.275 e. The molecular formula is C23H24ClN3O4. The van der Waals surface area contributed by atoms with Gasteiger partial charge in [0.1, 0.15) is 17.2 Å². The Bertz CT molecular complexity index is 1140. The third-order valence-electron chi connectivity index (χ3n) is 4.88. The molecule has 0 saturated heterocycles. The average Bonchev–Trinajstić information content (AvgIpc) is 3.05. The number of carbonyl (C=O) groups excluding carboxylic acids is 1. The molecule has 0 radical (unpaired) electrons. The van der Waals surface area contributed by atoms with E-state index >= 15 is 0 Å². The molecule has 0 saturated carbocycles. The Morgan fingerprint density at radius 1 is 1.00 bits per heavy atom. The van der Waals surface area contributed by atoms with Crippen LogP contribution in [0.4, 0.5) is 0 Å². The maximum Gasteiger partial charge on any atom is 0.275 e. The second kappa shape index (κ2) is 9.57. The summed E-state index contributed by atoms with van der Waals surface area (Å²) < 4.78 is 17.9. The third kappa shape index (κ3) is 4.67. The quantitative estimate of drug-likeness (QED) is 0.431. The van der Waals surface area contributed by atoms with E-state index in [1.165, 1.54) is 7.11 Å². The van der Waals surface area contributed by atoms with Gasteiger partial charge in [0.05, 0.1) is 38.8 Å². The van der Waals surface area contributed by atoms with Crippen LogP contribution in [0.15, 0.2) is 47.6 Å². The minimum Gasteiger partial charge on any atom is -0.497 e. The van der Waals surface area contributed by atoms with Gasteiger partial charge in [0.15, 0.2) is 0 Å². The fraction of sp³-hybridized carbons (Fsp3) is 0.217. The summed E-state index contributed by atoms with van der Waals surface area (Å²) in [7, 11) is 4.66. The number of carbonyl (C=O) groups is 1. The molecule has 1 aromatic heterocycles. The van der Waals surface area contributed by atoms with E-state index in [1.807, 2.05) is 36.6 Å². The highest BCUT2D eigenvalue weighted by molar-refractivity contribution is 6.30. The summed E-state index contributed by atoms with van der Waals surface area (Å²) in [5.74, 6) is 1.31. The number of aryl methyl sites for hydroxylation is 1. The van der Waals surface area contributed by atoms with Crippen molar-refractivity contribution in [1.82, 2.24) is 9.99 Å². The summed E-state index contributed by atoms with van der Waals surface area (Å²) in [5.41, 5.74) is 6.48. The average molecular weight is 442 g/mol. The van der Waals surface area contributed by atoms with Crippen molar-refractivity contribution in [3.8, 4) is 22.9 Å². The standard InChI is InChI=1S/C23H24ClN3O4/c1-14-10-16(15(2)27(14)20-11-17(24)6-9-21(20)30-4)13-25-26-23(28)19-8-7-18(29-3)12-22(19)31-5/h6-13H,1-5H3,(H,26,28)/b25-13-. The van der Waals surface area contributed by atoms with E-state index < -0.39 is 0 Å². The van der Waals surface area contributed by atoms with Gasteiger partial charge >= 0.3 is 0 Å². The van der Waals surface area contributed by atoms with E-state index in [0.29, 0.717) is 27.8 Å². The third-order valence-corrected chi connectivity index (χ3v) is 5.11. The summed E-state index contributed by atoms with van der Waals surface area (Å²) in [5, 5.41) is 4.73. The van der Waals surface area contributed by atoms with Gasteiger partial charge in [-0.3, -0.25) is 4.79 Å². The molecule has 1 amide bonds. The van der Waals surface area contributed by atoms with Gasteiger partial charge in [0, 0.05) is 28.0 Å². The Kier molecular flexibility index (Phi) is 6.87. The lowest BCUT2D eigenvalue weighted by atomic mass is 10.2. The molecule has 2 aromatic carbocycles. The zero-order valence-corrected chi connectivity index (χ0v) is 18.8. The number of halogens is 1. The normalized spacial score (nSPS) is 10.9. The molecule has 31 heavy (non-hydrogen) atoms. The van der Waals surface area contributed by atoms with Gasteiger partial charge in [0.2, 0.25) is 0 Å².